The number of nitrogens with zero attached hydrogens (tertiary/aromatic N) is 1. The molecule has 2 N–H and O–H groups in total. The summed E-state index contributed by atoms with van der Waals surface area (Å²) >= 11 is 1.63. The highest BCUT2D eigenvalue weighted by Gasteiger charge is 2.08. The molecule has 0 fully saturated rings. The van der Waals surface area contributed by atoms with E-state index in [9.17, 15) is 9.59 Å². The molecular weight excluding hydrogens is 298 g/mol. The predicted molar refractivity (Wildman–Crippen MR) is 89.3 cm³/mol. The average Bonchev–Trinajstić information content (AvgIpc) is 2.74. The Labute approximate surface area is 133 Å². The SMILES string of the molecule is CC(=O)Nc1cccc(NC(=O)CCc2sc(C)nc2C)c1. The first kappa shape index (κ1) is 16.2. The van der Waals surface area contributed by atoms with E-state index in [2.05, 4.69) is 15.6 Å². The van der Waals surface area contributed by atoms with Gasteiger partial charge in [0.25, 0.3) is 0 Å². The van der Waals surface area contributed by atoms with E-state index in [4.69, 9.17) is 0 Å². The highest BCUT2D eigenvalue weighted by atomic mass is 32.1. The number of carbonyl (C=O) groups excluding carboxylic acids is 2. The van der Waals surface area contributed by atoms with Crippen LogP contribution in [0.5, 0.6) is 0 Å². The molecule has 0 saturated carbocycles. The second-order valence-electron chi connectivity index (χ2n) is 5.05. The molecule has 22 heavy (non-hydrogen) atoms. The van der Waals surface area contributed by atoms with Crippen LogP contribution < -0.4 is 10.6 Å². The van der Waals surface area contributed by atoms with Gasteiger partial charge in [0.05, 0.1) is 10.7 Å². The molecular formula is C16H19N3O2S. The van der Waals surface area contributed by atoms with Gasteiger partial charge in [0.2, 0.25) is 11.8 Å². The average molecular weight is 317 g/mol. The van der Waals surface area contributed by atoms with Crippen molar-refractivity contribution in [1.29, 1.82) is 0 Å². The van der Waals surface area contributed by atoms with Crippen LogP contribution in [0.2, 0.25) is 0 Å². The minimum Gasteiger partial charge on any atom is -0.326 e. The number of aromatic nitrogens is 1. The molecule has 0 spiro atoms. The van der Waals surface area contributed by atoms with Crippen molar-refractivity contribution in [2.24, 2.45) is 0 Å². The quantitative estimate of drug-likeness (QED) is 0.889. The Bertz CT molecular complexity index is 694. The zero-order chi connectivity index (χ0) is 16.1. The van der Waals surface area contributed by atoms with E-state index in [1.807, 2.05) is 13.8 Å². The summed E-state index contributed by atoms with van der Waals surface area (Å²) in [5, 5.41) is 6.56. The molecule has 0 unspecified atom stereocenters. The number of rotatable bonds is 5. The zero-order valence-corrected chi connectivity index (χ0v) is 13.7. The molecule has 1 aromatic heterocycles. The highest BCUT2D eigenvalue weighted by molar-refractivity contribution is 7.11. The normalized spacial score (nSPS) is 10.3. The lowest BCUT2D eigenvalue weighted by Gasteiger charge is -2.07. The third kappa shape index (κ3) is 4.66. The molecule has 0 aliphatic heterocycles. The van der Waals surface area contributed by atoms with Crippen molar-refractivity contribution in [2.75, 3.05) is 10.6 Å². The minimum atomic E-state index is -0.139. The number of hydrogen-bond donors (Lipinski definition) is 2. The van der Waals surface area contributed by atoms with Crippen LogP contribution in [0.1, 0.15) is 28.9 Å². The Balaban J connectivity index is 1.91. The molecule has 0 radical (unpaired) electrons. The minimum absolute atomic E-state index is 0.0505. The number of benzene rings is 1. The van der Waals surface area contributed by atoms with Gasteiger partial charge in [-0.15, -0.1) is 11.3 Å². The van der Waals surface area contributed by atoms with Gasteiger partial charge in [-0.2, -0.15) is 0 Å². The van der Waals surface area contributed by atoms with E-state index in [0.717, 1.165) is 15.6 Å². The Morgan fingerprint density at radius 3 is 2.45 bits per heavy atom. The second-order valence-corrected chi connectivity index (χ2v) is 6.34. The maximum absolute atomic E-state index is 12.0. The first-order chi connectivity index (χ1) is 10.4. The lowest BCUT2D eigenvalue weighted by atomic mass is 10.2. The Morgan fingerprint density at radius 1 is 1.18 bits per heavy atom. The number of hydrogen-bond acceptors (Lipinski definition) is 4. The molecule has 0 bridgehead atoms. The summed E-state index contributed by atoms with van der Waals surface area (Å²) < 4.78 is 0. The molecule has 116 valence electrons. The molecule has 2 aromatic rings. The maximum atomic E-state index is 12.0. The number of nitrogens with one attached hydrogen (secondary N) is 2. The van der Waals surface area contributed by atoms with Crippen molar-refractivity contribution < 1.29 is 9.59 Å². The number of thiazole rings is 1. The van der Waals surface area contributed by atoms with E-state index in [0.29, 0.717) is 24.2 Å². The molecule has 0 aliphatic carbocycles. The summed E-state index contributed by atoms with van der Waals surface area (Å²) in [6.45, 7) is 5.38. The first-order valence-corrected chi connectivity index (χ1v) is 7.86. The topological polar surface area (TPSA) is 71.1 Å². The second kappa shape index (κ2) is 7.17. The summed E-state index contributed by atoms with van der Waals surface area (Å²) in [4.78, 5) is 28.6. The zero-order valence-electron chi connectivity index (χ0n) is 12.9. The van der Waals surface area contributed by atoms with Gasteiger partial charge in [-0.05, 0) is 38.5 Å². The van der Waals surface area contributed by atoms with Gasteiger partial charge >= 0.3 is 0 Å². The van der Waals surface area contributed by atoms with Gasteiger partial charge < -0.3 is 10.6 Å². The summed E-state index contributed by atoms with van der Waals surface area (Å²) in [5.41, 5.74) is 2.34. The van der Waals surface area contributed by atoms with E-state index in [1.165, 1.54) is 6.92 Å². The third-order valence-electron chi connectivity index (χ3n) is 3.05. The monoisotopic (exact) mass is 317 g/mol. The molecule has 2 rings (SSSR count). The van der Waals surface area contributed by atoms with Crippen LogP contribution in [-0.2, 0) is 16.0 Å². The summed E-state index contributed by atoms with van der Waals surface area (Å²) in [5.74, 6) is -0.190. The summed E-state index contributed by atoms with van der Waals surface area (Å²) in [7, 11) is 0. The van der Waals surface area contributed by atoms with Crippen LogP contribution in [0.15, 0.2) is 24.3 Å². The smallest absolute Gasteiger partial charge is 0.224 e. The standard InChI is InChI=1S/C16H19N3O2S/c1-10-15(22-12(3)17-10)7-8-16(21)19-14-6-4-5-13(9-14)18-11(2)20/h4-6,9H,7-8H2,1-3H3,(H,18,20)(H,19,21). The van der Waals surface area contributed by atoms with Gasteiger partial charge in [0, 0.05) is 29.6 Å². The van der Waals surface area contributed by atoms with Crippen LogP contribution in [0.3, 0.4) is 0 Å². The van der Waals surface area contributed by atoms with Crippen molar-refractivity contribution in [3.63, 3.8) is 0 Å². The van der Waals surface area contributed by atoms with Crippen LogP contribution >= 0.6 is 11.3 Å². The van der Waals surface area contributed by atoms with Crippen molar-refractivity contribution in [3.8, 4) is 0 Å². The predicted octanol–water partition coefficient (Wildman–Crippen LogP) is 3.29. The van der Waals surface area contributed by atoms with Crippen LogP contribution in [0.25, 0.3) is 0 Å². The molecule has 0 aliphatic rings. The molecule has 0 atom stereocenters. The Morgan fingerprint density at radius 2 is 1.86 bits per heavy atom. The van der Waals surface area contributed by atoms with Gasteiger partial charge in [0.1, 0.15) is 0 Å². The number of aryl methyl sites for hydroxylation is 3. The van der Waals surface area contributed by atoms with Crippen LogP contribution in [0, 0.1) is 13.8 Å². The molecule has 2 amide bonds. The van der Waals surface area contributed by atoms with Gasteiger partial charge in [-0.3, -0.25) is 9.59 Å². The van der Waals surface area contributed by atoms with E-state index in [1.54, 1.807) is 35.6 Å². The van der Waals surface area contributed by atoms with Crippen LogP contribution in [0.4, 0.5) is 11.4 Å². The van der Waals surface area contributed by atoms with Gasteiger partial charge in [-0.25, -0.2) is 4.98 Å². The van der Waals surface area contributed by atoms with Crippen molar-refractivity contribution in [1.82, 2.24) is 4.98 Å². The number of carbonyl (C=O) groups is 2. The lowest BCUT2D eigenvalue weighted by Crippen LogP contribution is -2.13. The van der Waals surface area contributed by atoms with Gasteiger partial charge in [-0.1, -0.05) is 6.07 Å². The third-order valence-corrected chi connectivity index (χ3v) is 4.18. The molecule has 0 saturated heterocycles. The number of amides is 2. The highest BCUT2D eigenvalue weighted by Crippen LogP contribution is 2.19. The fourth-order valence-corrected chi connectivity index (χ4v) is 3.07. The number of anilines is 2. The molecule has 5 nitrogen and oxygen atoms in total. The molecule has 1 heterocycles. The summed E-state index contributed by atoms with van der Waals surface area (Å²) in [6, 6.07) is 7.10. The van der Waals surface area contributed by atoms with Crippen LogP contribution in [-0.4, -0.2) is 16.8 Å². The van der Waals surface area contributed by atoms with Crippen molar-refractivity contribution in [3.05, 3.63) is 39.8 Å². The molecule has 1 aromatic carbocycles. The maximum Gasteiger partial charge on any atom is 0.224 e. The van der Waals surface area contributed by atoms with Crippen molar-refractivity contribution >= 4 is 34.5 Å². The fourth-order valence-electron chi connectivity index (χ4n) is 2.13. The Hall–Kier alpha value is -2.21. The van der Waals surface area contributed by atoms with E-state index < -0.39 is 0 Å². The largest absolute Gasteiger partial charge is 0.326 e. The van der Waals surface area contributed by atoms with Crippen molar-refractivity contribution in [2.45, 2.75) is 33.6 Å². The first-order valence-electron chi connectivity index (χ1n) is 7.04. The lowest BCUT2D eigenvalue weighted by molar-refractivity contribution is -0.116. The van der Waals surface area contributed by atoms with E-state index in [-0.39, 0.29) is 11.8 Å². The van der Waals surface area contributed by atoms with E-state index >= 15 is 0 Å². The fraction of sp³-hybridized carbons (Fsp3) is 0.312. The Kier molecular flexibility index (Phi) is 5.27. The molecule has 6 heteroatoms. The summed E-state index contributed by atoms with van der Waals surface area (Å²) in [6.07, 6.45) is 1.10. The van der Waals surface area contributed by atoms with Gasteiger partial charge in [0.15, 0.2) is 0 Å².